The van der Waals surface area contributed by atoms with Crippen molar-refractivity contribution >= 4 is 50.7 Å². The summed E-state index contributed by atoms with van der Waals surface area (Å²) in [6.45, 7) is 3.09. The first-order valence-corrected chi connectivity index (χ1v) is 12.7. The van der Waals surface area contributed by atoms with Crippen molar-refractivity contribution in [1.29, 1.82) is 0 Å². The third kappa shape index (κ3) is 6.99. The Morgan fingerprint density at radius 3 is 2.39 bits per heavy atom. The van der Waals surface area contributed by atoms with E-state index in [0.717, 1.165) is 10.6 Å². The van der Waals surface area contributed by atoms with Crippen molar-refractivity contribution in [1.82, 2.24) is 10.2 Å². The molecule has 0 saturated heterocycles. The van der Waals surface area contributed by atoms with Crippen LogP contribution in [-0.4, -0.2) is 57.6 Å². The highest BCUT2D eigenvalue weighted by Crippen LogP contribution is 2.30. The minimum absolute atomic E-state index is 0.0197. The molecule has 1 atom stereocenters. The van der Waals surface area contributed by atoms with E-state index in [2.05, 4.69) is 5.32 Å². The van der Waals surface area contributed by atoms with Crippen LogP contribution in [0.25, 0.3) is 0 Å². The number of carbonyl (C=O) groups excluding carboxylic acids is 2. The number of sulfonamides is 1. The number of para-hydroxylation sites is 2. The summed E-state index contributed by atoms with van der Waals surface area (Å²) < 4.78 is 31.8. The van der Waals surface area contributed by atoms with Crippen molar-refractivity contribution in [3.63, 3.8) is 0 Å². The van der Waals surface area contributed by atoms with Crippen LogP contribution in [0.15, 0.2) is 42.5 Å². The van der Waals surface area contributed by atoms with Crippen molar-refractivity contribution in [2.75, 3.05) is 30.8 Å². The van der Waals surface area contributed by atoms with Crippen LogP contribution >= 0.6 is 23.2 Å². The summed E-state index contributed by atoms with van der Waals surface area (Å²) in [5, 5.41) is 3.26. The van der Waals surface area contributed by atoms with Crippen LogP contribution in [-0.2, 0) is 26.2 Å². The summed E-state index contributed by atoms with van der Waals surface area (Å²) in [7, 11) is -2.41. The lowest BCUT2D eigenvalue weighted by Gasteiger charge is -2.31. The summed E-state index contributed by atoms with van der Waals surface area (Å²) in [4.78, 5) is 27.1. The Labute approximate surface area is 204 Å². The highest BCUT2D eigenvalue weighted by atomic mass is 35.5. The van der Waals surface area contributed by atoms with Gasteiger partial charge in [-0.1, -0.05) is 41.4 Å². The number of rotatable bonds is 10. The molecule has 2 aromatic rings. The fourth-order valence-corrected chi connectivity index (χ4v) is 4.48. The molecule has 0 fully saturated rings. The number of hydrogen-bond acceptors (Lipinski definition) is 5. The van der Waals surface area contributed by atoms with E-state index in [4.69, 9.17) is 27.9 Å². The van der Waals surface area contributed by atoms with Gasteiger partial charge in [-0.25, -0.2) is 8.42 Å². The van der Waals surface area contributed by atoms with Gasteiger partial charge in [0, 0.05) is 23.6 Å². The van der Waals surface area contributed by atoms with E-state index in [9.17, 15) is 18.0 Å². The number of anilines is 1. The van der Waals surface area contributed by atoms with Crippen LogP contribution in [0.5, 0.6) is 5.75 Å². The van der Waals surface area contributed by atoms with Gasteiger partial charge in [0.2, 0.25) is 21.8 Å². The summed E-state index contributed by atoms with van der Waals surface area (Å²) in [5.74, 6) is -0.673. The molecule has 0 bridgehead atoms. The summed E-state index contributed by atoms with van der Waals surface area (Å²) in [6.07, 6.45) is 1.01. The molecule has 1 N–H and O–H groups in total. The maximum atomic E-state index is 13.4. The molecule has 0 radical (unpaired) electrons. The SMILES string of the molecule is CCOc1ccccc1N(CC(=O)N(Cc1ccc(Cl)cc1Cl)[C@@H](C)C(=O)NC)S(C)(=O)=O. The van der Waals surface area contributed by atoms with Crippen molar-refractivity contribution in [3.8, 4) is 5.75 Å². The van der Waals surface area contributed by atoms with E-state index in [-0.39, 0.29) is 12.2 Å². The van der Waals surface area contributed by atoms with E-state index in [1.54, 1.807) is 50.2 Å². The second kappa shape index (κ2) is 11.6. The number of nitrogens with zero attached hydrogens (tertiary/aromatic N) is 2. The van der Waals surface area contributed by atoms with E-state index in [1.807, 2.05) is 0 Å². The van der Waals surface area contributed by atoms with Gasteiger partial charge in [0.05, 0.1) is 18.6 Å². The fraction of sp³-hybridized carbons (Fsp3) is 0.364. The third-order valence-corrected chi connectivity index (χ3v) is 6.60. The van der Waals surface area contributed by atoms with Gasteiger partial charge in [0.1, 0.15) is 18.3 Å². The lowest BCUT2D eigenvalue weighted by molar-refractivity contribution is -0.139. The number of hydrogen-bond donors (Lipinski definition) is 1. The largest absolute Gasteiger partial charge is 0.492 e. The average molecular weight is 516 g/mol. The lowest BCUT2D eigenvalue weighted by atomic mass is 10.1. The van der Waals surface area contributed by atoms with E-state index in [1.165, 1.54) is 18.0 Å². The molecule has 0 aromatic heterocycles. The van der Waals surface area contributed by atoms with Crippen LogP contribution in [0.2, 0.25) is 10.0 Å². The number of benzene rings is 2. The van der Waals surface area contributed by atoms with Gasteiger partial charge in [-0.2, -0.15) is 0 Å². The van der Waals surface area contributed by atoms with E-state index >= 15 is 0 Å². The van der Waals surface area contributed by atoms with Crippen molar-refractivity contribution in [2.45, 2.75) is 26.4 Å². The van der Waals surface area contributed by atoms with Gasteiger partial charge in [-0.15, -0.1) is 0 Å². The number of nitrogens with one attached hydrogen (secondary N) is 1. The van der Waals surface area contributed by atoms with Gasteiger partial charge in [0.15, 0.2) is 0 Å². The zero-order chi connectivity index (χ0) is 24.8. The Hall–Kier alpha value is -2.49. The van der Waals surface area contributed by atoms with Gasteiger partial charge < -0.3 is 15.0 Å². The maximum Gasteiger partial charge on any atom is 0.244 e. The highest BCUT2D eigenvalue weighted by molar-refractivity contribution is 7.92. The Balaban J connectivity index is 2.46. The molecule has 33 heavy (non-hydrogen) atoms. The van der Waals surface area contributed by atoms with Crippen LogP contribution in [0, 0.1) is 0 Å². The summed E-state index contributed by atoms with van der Waals surface area (Å²) in [5.41, 5.74) is 0.790. The van der Waals surface area contributed by atoms with E-state index < -0.39 is 34.4 Å². The second-order valence-corrected chi connectivity index (χ2v) is 9.97. The smallest absolute Gasteiger partial charge is 0.244 e. The number of halogens is 2. The predicted molar refractivity (Wildman–Crippen MR) is 130 cm³/mol. The Kier molecular flexibility index (Phi) is 9.39. The number of likely N-dealkylation sites (N-methyl/N-ethyl adjacent to an activating group) is 1. The molecule has 2 rings (SSSR count). The molecule has 2 amide bonds. The number of ether oxygens (including phenoxy) is 1. The zero-order valence-corrected chi connectivity index (χ0v) is 21.2. The lowest BCUT2D eigenvalue weighted by Crippen LogP contribution is -2.50. The molecular weight excluding hydrogens is 489 g/mol. The number of carbonyl (C=O) groups is 2. The van der Waals surface area contributed by atoms with E-state index in [0.29, 0.717) is 28.0 Å². The number of amides is 2. The van der Waals surface area contributed by atoms with Crippen LogP contribution in [0.3, 0.4) is 0 Å². The zero-order valence-electron chi connectivity index (χ0n) is 18.8. The highest BCUT2D eigenvalue weighted by Gasteiger charge is 2.31. The standard InChI is InChI=1S/C22H27Cl2N3O5S/c1-5-32-20-9-7-6-8-19(20)27(33(4,30)31)14-21(28)26(15(2)22(29)25-3)13-16-10-11-17(23)12-18(16)24/h6-12,15H,5,13-14H2,1-4H3,(H,25,29)/t15-/m0/s1. The van der Waals surface area contributed by atoms with Crippen LogP contribution in [0.4, 0.5) is 5.69 Å². The molecule has 0 aliphatic heterocycles. The summed E-state index contributed by atoms with van der Waals surface area (Å²) >= 11 is 12.2. The molecule has 0 unspecified atom stereocenters. The fourth-order valence-electron chi connectivity index (χ4n) is 3.16. The van der Waals surface area contributed by atoms with Crippen LogP contribution < -0.4 is 14.4 Å². The van der Waals surface area contributed by atoms with Gasteiger partial charge in [-0.05, 0) is 43.7 Å². The molecule has 8 nitrogen and oxygen atoms in total. The molecule has 11 heteroatoms. The normalized spacial score (nSPS) is 12.1. The van der Waals surface area contributed by atoms with Gasteiger partial charge >= 0.3 is 0 Å². The quantitative estimate of drug-likeness (QED) is 0.523. The molecular formula is C22H27Cl2N3O5S. The molecule has 180 valence electrons. The first kappa shape index (κ1) is 26.8. The minimum Gasteiger partial charge on any atom is -0.492 e. The Morgan fingerprint density at radius 2 is 1.82 bits per heavy atom. The molecule has 2 aromatic carbocycles. The first-order chi connectivity index (χ1) is 15.5. The molecule has 0 aliphatic carbocycles. The van der Waals surface area contributed by atoms with Crippen LogP contribution in [0.1, 0.15) is 19.4 Å². The molecule has 0 heterocycles. The Morgan fingerprint density at radius 1 is 1.15 bits per heavy atom. The monoisotopic (exact) mass is 515 g/mol. The van der Waals surface area contributed by atoms with Crippen molar-refractivity contribution in [3.05, 3.63) is 58.1 Å². The minimum atomic E-state index is -3.86. The topological polar surface area (TPSA) is 96.0 Å². The Bertz CT molecular complexity index is 1110. The van der Waals surface area contributed by atoms with Gasteiger partial charge in [-0.3, -0.25) is 13.9 Å². The third-order valence-electron chi connectivity index (χ3n) is 4.88. The molecule has 0 spiro atoms. The van der Waals surface area contributed by atoms with Crippen molar-refractivity contribution in [2.24, 2.45) is 0 Å². The maximum absolute atomic E-state index is 13.4. The van der Waals surface area contributed by atoms with Gasteiger partial charge in [0.25, 0.3) is 0 Å². The first-order valence-electron chi connectivity index (χ1n) is 10.1. The predicted octanol–water partition coefficient (Wildman–Crippen LogP) is 3.32. The van der Waals surface area contributed by atoms with Crippen molar-refractivity contribution < 1.29 is 22.7 Å². The second-order valence-electron chi connectivity index (χ2n) is 7.22. The molecule has 0 aliphatic rings. The molecule has 0 saturated carbocycles. The summed E-state index contributed by atoms with van der Waals surface area (Å²) in [6, 6.07) is 10.5. The average Bonchev–Trinajstić information content (AvgIpc) is 2.76.